The molecule has 2 rings (SSSR count). The SMILES string of the molecule is CCc1ccccc1N1CCC(F)(F)C1. The van der Waals surface area contributed by atoms with Crippen LogP contribution in [0.15, 0.2) is 24.3 Å². The van der Waals surface area contributed by atoms with Crippen LogP contribution in [0.25, 0.3) is 0 Å². The normalized spacial score (nSPS) is 19.5. The largest absolute Gasteiger partial charge is 0.365 e. The molecule has 0 spiro atoms. The molecule has 1 aliphatic heterocycles. The molecule has 3 heteroatoms. The molecule has 0 aromatic heterocycles. The van der Waals surface area contributed by atoms with Crippen LogP contribution in [0.1, 0.15) is 18.9 Å². The molecule has 0 amide bonds. The van der Waals surface area contributed by atoms with Crippen molar-refractivity contribution < 1.29 is 8.78 Å². The third kappa shape index (κ3) is 2.11. The Morgan fingerprint density at radius 3 is 2.67 bits per heavy atom. The van der Waals surface area contributed by atoms with Crippen molar-refractivity contribution >= 4 is 5.69 Å². The minimum Gasteiger partial charge on any atom is -0.365 e. The van der Waals surface area contributed by atoms with Crippen molar-refractivity contribution in [1.29, 1.82) is 0 Å². The molecule has 0 atom stereocenters. The molecule has 82 valence electrons. The van der Waals surface area contributed by atoms with Crippen molar-refractivity contribution in [3.05, 3.63) is 29.8 Å². The molecule has 0 unspecified atom stereocenters. The number of hydrogen-bond donors (Lipinski definition) is 0. The standard InChI is InChI=1S/C12H15F2N/c1-2-10-5-3-4-6-11(10)15-8-7-12(13,14)9-15/h3-6H,2,7-9H2,1H3. The van der Waals surface area contributed by atoms with E-state index in [1.54, 1.807) is 4.90 Å². The zero-order valence-electron chi connectivity index (χ0n) is 8.84. The number of alkyl halides is 2. The van der Waals surface area contributed by atoms with Crippen LogP contribution < -0.4 is 4.90 Å². The maximum Gasteiger partial charge on any atom is 0.266 e. The summed E-state index contributed by atoms with van der Waals surface area (Å²) < 4.78 is 26.1. The van der Waals surface area contributed by atoms with Crippen molar-refractivity contribution in [3.63, 3.8) is 0 Å². The molecule has 1 saturated heterocycles. The highest BCUT2D eigenvalue weighted by atomic mass is 19.3. The first kappa shape index (κ1) is 10.4. The van der Waals surface area contributed by atoms with Crippen molar-refractivity contribution in [2.24, 2.45) is 0 Å². The number of aryl methyl sites for hydroxylation is 1. The maximum absolute atomic E-state index is 13.1. The lowest BCUT2D eigenvalue weighted by Crippen LogP contribution is -2.25. The zero-order chi connectivity index (χ0) is 10.9. The minimum absolute atomic E-state index is 0.0228. The molecule has 1 fully saturated rings. The average molecular weight is 211 g/mol. The molecule has 0 aliphatic carbocycles. The quantitative estimate of drug-likeness (QED) is 0.726. The number of benzene rings is 1. The molecule has 0 bridgehead atoms. The Labute approximate surface area is 88.7 Å². The van der Waals surface area contributed by atoms with E-state index < -0.39 is 5.92 Å². The van der Waals surface area contributed by atoms with Gasteiger partial charge in [-0.05, 0) is 18.1 Å². The van der Waals surface area contributed by atoms with E-state index in [0.29, 0.717) is 6.54 Å². The van der Waals surface area contributed by atoms with Crippen molar-refractivity contribution in [1.82, 2.24) is 0 Å². The zero-order valence-corrected chi connectivity index (χ0v) is 8.84. The lowest BCUT2D eigenvalue weighted by molar-refractivity contribution is 0.0257. The number of para-hydroxylation sites is 1. The average Bonchev–Trinajstić information content (AvgIpc) is 2.59. The van der Waals surface area contributed by atoms with Crippen LogP contribution in [0, 0.1) is 0 Å². The molecule has 15 heavy (non-hydrogen) atoms. The molecule has 1 heterocycles. The van der Waals surface area contributed by atoms with Gasteiger partial charge in [0.05, 0.1) is 6.54 Å². The highest BCUT2D eigenvalue weighted by Crippen LogP contribution is 2.32. The molecule has 0 N–H and O–H groups in total. The van der Waals surface area contributed by atoms with Gasteiger partial charge in [0.25, 0.3) is 5.92 Å². The second-order valence-corrected chi connectivity index (χ2v) is 4.01. The van der Waals surface area contributed by atoms with Gasteiger partial charge < -0.3 is 4.90 Å². The highest BCUT2D eigenvalue weighted by Gasteiger charge is 2.38. The van der Waals surface area contributed by atoms with Crippen molar-refractivity contribution in [2.45, 2.75) is 25.7 Å². The third-order valence-electron chi connectivity index (χ3n) is 2.88. The fourth-order valence-electron chi connectivity index (χ4n) is 2.06. The molecule has 0 saturated carbocycles. The van der Waals surface area contributed by atoms with Crippen LogP contribution in [-0.4, -0.2) is 19.0 Å². The van der Waals surface area contributed by atoms with Gasteiger partial charge in [0.2, 0.25) is 0 Å². The van der Waals surface area contributed by atoms with E-state index in [1.165, 1.54) is 0 Å². The number of hydrogen-bond acceptors (Lipinski definition) is 1. The van der Waals surface area contributed by atoms with Gasteiger partial charge in [-0.1, -0.05) is 25.1 Å². The molecule has 0 radical (unpaired) electrons. The van der Waals surface area contributed by atoms with Gasteiger partial charge in [-0.25, -0.2) is 8.78 Å². The van der Waals surface area contributed by atoms with Crippen molar-refractivity contribution in [3.8, 4) is 0 Å². The summed E-state index contributed by atoms with van der Waals surface area (Å²) in [6, 6.07) is 7.80. The maximum atomic E-state index is 13.1. The summed E-state index contributed by atoms with van der Waals surface area (Å²) >= 11 is 0. The van der Waals surface area contributed by atoms with Gasteiger partial charge >= 0.3 is 0 Å². The fraction of sp³-hybridized carbons (Fsp3) is 0.500. The second kappa shape index (κ2) is 3.80. The van der Waals surface area contributed by atoms with E-state index in [-0.39, 0.29) is 13.0 Å². The lowest BCUT2D eigenvalue weighted by atomic mass is 10.1. The van der Waals surface area contributed by atoms with Crippen molar-refractivity contribution in [2.75, 3.05) is 18.0 Å². The molecule has 1 aromatic carbocycles. The van der Waals surface area contributed by atoms with Gasteiger partial charge in [-0.2, -0.15) is 0 Å². The fourth-order valence-corrected chi connectivity index (χ4v) is 2.06. The predicted octanol–water partition coefficient (Wildman–Crippen LogP) is 3.09. The first-order valence-corrected chi connectivity index (χ1v) is 5.33. The second-order valence-electron chi connectivity index (χ2n) is 4.01. The Balaban J connectivity index is 2.23. The number of halogens is 2. The van der Waals surface area contributed by atoms with Gasteiger partial charge in [-0.3, -0.25) is 0 Å². The molecule has 1 nitrogen and oxygen atoms in total. The first-order chi connectivity index (χ1) is 7.12. The summed E-state index contributed by atoms with van der Waals surface area (Å²) in [5, 5.41) is 0. The number of anilines is 1. The number of nitrogens with zero attached hydrogens (tertiary/aromatic N) is 1. The summed E-state index contributed by atoms with van der Waals surface area (Å²) in [5.74, 6) is -2.51. The van der Waals surface area contributed by atoms with Gasteiger partial charge in [-0.15, -0.1) is 0 Å². The van der Waals surface area contributed by atoms with Gasteiger partial charge in [0.15, 0.2) is 0 Å². The van der Waals surface area contributed by atoms with Crippen LogP contribution in [-0.2, 0) is 6.42 Å². The summed E-state index contributed by atoms with van der Waals surface area (Å²) in [5.41, 5.74) is 2.12. The van der Waals surface area contributed by atoms with Crippen LogP contribution >= 0.6 is 0 Å². The molecule has 1 aromatic rings. The lowest BCUT2D eigenvalue weighted by Gasteiger charge is -2.21. The third-order valence-corrected chi connectivity index (χ3v) is 2.88. The topological polar surface area (TPSA) is 3.24 Å². The Hall–Kier alpha value is -1.12. The molecular weight excluding hydrogens is 196 g/mol. The summed E-state index contributed by atoms with van der Waals surface area (Å²) in [7, 11) is 0. The number of rotatable bonds is 2. The predicted molar refractivity (Wildman–Crippen MR) is 57.6 cm³/mol. The van der Waals surface area contributed by atoms with Crippen LogP contribution in [0.4, 0.5) is 14.5 Å². The first-order valence-electron chi connectivity index (χ1n) is 5.33. The van der Waals surface area contributed by atoms with Gasteiger partial charge in [0, 0.05) is 18.7 Å². The van der Waals surface area contributed by atoms with E-state index in [4.69, 9.17) is 0 Å². The van der Waals surface area contributed by atoms with E-state index in [2.05, 4.69) is 0 Å². The minimum atomic E-state index is -2.51. The molecular formula is C12H15F2N. The van der Waals surface area contributed by atoms with E-state index >= 15 is 0 Å². The Bertz CT molecular complexity index is 349. The van der Waals surface area contributed by atoms with Gasteiger partial charge in [0.1, 0.15) is 0 Å². The van der Waals surface area contributed by atoms with Crippen LogP contribution in [0.5, 0.6) is 0 Å². The van der Waals surface area contributed by atoms with Crippen LogP contribution in [0.3, 0.4) is 0 Å². The Morgan fingerprint density at radius 1 is 1.33 bits per heavy atom. The molecule has 1 aliphatic rings. The smallest absolute Gasteiger partial charge is 0.266 e. The van der Waals surface area contributed by atoms with E-state index in [1.807, 2.05) is 31.2 Å². The van der Waals surface area contributed by atoms with Crippen LogP contribution in [0.2, 0.25) is 0 Å². The Kier molecular flexibility index (Phi) is 2.63. The summed E-state index contributed by atoms with van der Waals surface area (Å²) in [6.45, 7) is 2.38. The summed E-state index contributed by atoms with van der Waals surface area (Å²) in [6.07, 6.45) is 0.864. The monoisotopic (exact) mass is 211 g/mol. The highest BCUT2D eigenvalue weighted by molar-refractivity contribution is 5.54. The van der Waals surface area contributed by atoms with E-state index in [0.717, 1.165) is 17.7 Å². The Morgan fingerprint density at radius 2 is 2.07 bits per heavy atom. The van der Waals surface area contributed by atoms with E-state index in [9.17, 15) is 8.78 Å². The summed E-state index contributed by atoms with van der Waals surface area (Å²) in [4.78, 5) is 1.79.